The summed E-state index contributed by atoms with van der Waals surface area (Å²) >= 11 is 0. The van der Waals surface area contributed by atoms with Gasteiger partial charge in [-0.1, -0.05) is 32.8 Å². The second-order valence-electron chi connectivity index (χ2n) is 13.5. The Morgan fingerprint density at radius 1 is 1.09 bits per heavy atom. The highest BCUT2D eigenvalue weighted by molar-refractivity contribution is 6.04. The van der Waals surface area contributed by atoms with Crippen molar-refractivity contribution >= 4 is 27.5 Å². The molecule has 0 amide bonds. The van der Waals surface area contributed by atoms with Gasteiger partial charge in [-0.2, -0.15) is 9.97 Å². The van der Waals surface area contributed by atoms with Crippen molar-refractivity contribution in [2.45, 2.75) is 52.1 Å². The Balaban J connectivity index is 1.40. The second-order valence-corrected chi connectivity index (χ2v) is 13.5. The molecule has 3 fully saturated rings. The quantitative estimate of drug-likeness (QED) is 0.245. The third kappa shape index (κ3) is 5.19. The smallest absolute Gasteiger partial charge is 0.319 e. The van der Waals surface area contributed by atoms with Crippen LogP contribution in [0.25, 0.3) is 32.8 Å². The van der Waals surface area contributed by atoms with Gasteiger partial charge in [-0.25, -0.2) is 13.2 Å². The van der Waals surface area contributed by atoms with E-state index >= 15 is 8.78 Å². The minimum atomic E-state index is -0.963. The number of terminal acetylenes is 1. The third-order valence-electron chi connectivity index (χ3n) is 10.5. The number of anilines is 1. The number of phenolic OH excluding ortho intramolecular Hbond substituents is 1. The van der Waals surface area contributed by atoms with Crippen LogP contribution in [0.1, 0.15) is 45.6 Å². The minimum absolute atomic E-state index is 0.0167. The SMILES string of the molecule is C#Cc1c(F)ccc2cc(O)cc(-c3c(F)cc4c(N5C[C@H]6CC[C@@H](C5)N6)nc(OC[C@@]5(C)CN(CC)CC[C@@H]5C)nc4c3F)c12. The van der Waals surface area contributed by atoms with Gasteiger partial charge in [0, 0.05) is 53.5 Å². The number of likely N-dealkylation sites (tertiary alicyclic amines) is 1. The van der Waals surface area contributed by atoms with Crippen LogP contribution in [0.15, 0.2) is 30.3 Å². The van der Waals surface area contributed by atoms with E-state index in [1.807, 2.05) is 0 Å². The number of ether oxygens (including phenoxy) is 1. The number of halogens is 3. The van der Waals surface area contributed by atoms with Crippen molar-refractivity contribution in [3.05, 3.63) is 53.3 Å². The van der Waals surface area contributed by atoms with Crippen LogP contribution in [0.4, 0.5) is 19.0 Å². The van der Waals surface area contributed by atoms with Crippen LogP contribution >= 0.6 is 0 Å². The van der Waals surface area contributed by atoms with Crippen LogP contribution < -0.4 is 15.0 Å². The van der Waals surface area contributed by atoms with Gasteiger partial charge in [-0.15, -0.1) is 6.42 Å². The van der Waals surface area contributed by atoms with Gasteiger partial charge in [0.15, 0.2) is 5.82 Å². The van der Waals surface area contributed by atoms with E-state index in [9.17, 15) is 9.50 Å². The van der Waals surface area contributed by atoms with Crippen molar-refractivity contribution in [1.82, 2.24) is 20.2 Å². The van der Waals surface area contributed by atoms with Crippen molar-refractivity contribution in [2.75, 3.05) is 44.2 Å². The van der Waals surface area contributed by atoms with Crippen molar-refractivity contribution < 1.29 is 23.0 Å². The summed E-state index contributed by atoms with van der Waals surface area (Å²) in [5, 5.41) is 14.8. The van der Waals surface area contributed by atoms with Gasteiger partial charge in [0.1, 0.15) is 28.7 Å². The summed E-state index contributed by atoms with van der Waals surface area (Å²) in [4.78, 5) is 13.8. The van der Waals surface area contributed by atoms with E-state index in [0.29, 0.717) is 36.8 Å². The zero-order chi connectivity index (χ0) is 32.3. The lowest BCUT2D eigenvalue weighted by Crippen LogP contribution is -2.51. The summed E-state index contributed by atoms with van der Waals surface area (Å²) in [5.74, 6) is 0.315. The molecule has 2 N–H and O–H groups in total. The molecular formula is C36H38F3N5O2. The molecule has 3 aliphatic heterocycles. The average molecular weight is 630 g/mol. The van der Waals surface area contributed by atoms with E-state index in [4.69, 9.17) is 16.1 Å². The molecule has 7 rings (SSSR count). The number of aromatic nitrogens is 2. The fourth-order valence-electron chi connectivity index (χ4n) is 7.60. The Kier molecular flexibility index (Phi) is 7.73. The monoisotopic (exact) mass is 629 g/mol. The first-order valence-corrected chi connectivity index (χ1v) is 16.1. The number of hydrogen-bond donors (Lipinski definition) is 2. The van der Waals surface area contributed by atoms with Gasteiger partial charge in [0.2, 0.25) is 0 Å². The number of hydrogen-bond acceptors (Lipinski definition) is 7. The molecule has 0 spiro atoms. The van der Waals surface area contributed by atoms with Crippen LogP contribution in [0, 0.1) is 41.1 Å². The summed E-state index contributed by atoms with van der Waals surface area (Å²) in [5.41, 5.74) is -0.965. The van der Waals surface area contributed by atoms with Crippen LogP contribution in [-0.2, 0) is 0 Å². The Bertz CT molecular complexity index is 1880. The van der Waals surface area contributed by atoms with Crippen LogP contribution in [0.3, 0.4) is 0 Å². The maximum absolute atomic E-state index is 16.9. The molecule has 3 aromatic carbocycles. The van der Waals surface area contributed by atoms with E-state index in [1.165, 1.54) is 30.3 Å². The second kappa shape index (κ2) is 11.6. The fourth-order valence-corrected chi connectivity index (χ4v) is 7.60. The summed E-state index contributed by atoms with van der Waals surface area (Å²) in [6.45, 7) is 11.0. The Morgan fingerprint density at radius 2 is 1.85 bits per heavy atom. The average Bonchev–Trinajstić information content (AvgIpc) is 3.38. The van der Waals surface area contributed by atoms with Gasteiger partial charge in [0.05, 0.1) is 17.7 Å². The zero-order valence-corrected chi connectivity index (χ0v) is 26.3. The van der Waals surface area contributed by atoms with Gasteiger partial charge < -0.3 is 25.0 Å². The van der Waals surface area contributed by atoms with Crippen LogP contribution in [0.5, 0.6) is 11.8 Å². The van der Waals surface area contributed by atoms with Gasteiger partial charge in [0.25, 0.3) is 0 Å². The molecule has 46 heavy (non-hydrogen) atoms. The largest absolute Gasteiger partial charge is 0.508 e. The van der Waals surface area contributed by atoms with Gasteiger partial charge in [-0.3, -0.25) is 0 Å². The van der Waals surface area contributed by atoms with E-state index < -0.39 is 23.0 Å². The van der Waals surface area contributed by atoms with E-state index in [0.717, 1.165) is 38.9 Å². The molecule has 0 aliphatic carbocycles. The number of piperidine rings is 1. The molecule has 4 heterocycles. The fraction of sp³-hybridized carbons (Fsp3) is 0.444. The summed E-state index contributed by atoms with van der Waals surface area (Å²) < 4.78 is 54.3. The molecule has 4 atom stereocenters. The molecule has 10 heteroatoms. The Hall–Kier alpha value is -4.07. The number of fused-ring (bicyclic) bond motifs is 4. The molecule has 0 radical (unpaired) electrons. The normalized spacial score (nSPS) is 24.9. The molecule has 3 aliphatic rings. The molecule has 2 bridgehead atoms. The lowest BCUT2D eigenvalue weighted by Gasteiger charge is -2.44. The highest BCUT2D eigenvalue weighted by atomic mass is 19.1. The van der Waals surface area contributed by atoms with Crippen molar-refractivity contribution in [3.8, 4) is 35.2 Å². The molecular weight excluding hydrogens is 591 g/mol. The maximum Gasteiger partial charge on any atom is 0.319 e. The lowest BCUT2D eigenvalue weighted by atomic mass is 9.74. The summed E-state index contributed by atoms with van der Waals surface area (Å²) in [6, 6.07) is 6.92. The number of nitrogens with zero attached hydrogens (tertiary/aromatic N) is 4. The summed E-state index contributed by atoms with van der Waals surface area (Å²) in [7, 11) is 0. The van der Waals surface area contributed by atoms with E-state index in [1.54, 1.807) is 0 Å². The number of phenols is 1. The van der Waals surface area contributed by atoms with Crippen LogP contribution in [-0.4, -0.2) is 71.4 Å². The third-order valence-corrected chi connectivity index (χ3v) is 10.5. The lowest BCUT2D eigenvalue weighted by molar-refractivity contribution is 0.0107. The van der Waals surface area contributed by atoms with Crippen molar-refractivity contribution in [3.63, 3.8) is 0 Å². The van der Waals surface area contributed by atoms with Crippen molar-refractivity contribution in [2.24, 2.45) is 11.3 Å². The number of piperazine rings is 1. The Morgan fingerprint density at radius 3 is 2.57 bits per heavy atom. The summed E-state index contributed by atoms with van der Waals surface area (Å²) in [6.07, 6.45) is 8.73. The zero-order valence-electron chi connectivity index (χ0n) is 26.3. The predicted octanol–water partition coefficient (Wildman–Crippen LogP) is 6.24. The molecule has 0 saturated carbocycles. The molecule has 0 unspecified atom stereocenters. The number of rotatable bonds is 6. The van der Waals surface area contributed by atoms with Gasteiger partial charge in [-0.05, 0) is 67.9 Å². The first-order chi connectivity index (χ1) is 22.1. The molecule has 240 valence electrons. The Labute approximate surface area is 266 Å². The predicted molar refractivity (Wildman–Crippen MR) is 174 cm³/mol. The molecule has 1 aromatic heterocycles. The van der Waals surface area contributed by atoms with Crippen LogP contribution in [0.2, 0.25) is 0 Å². The first kappa shape index (κ1) is 30.6. The van der Waals surface area contributed by atoms with Crippen molar-refractivity contribution in [1.29, 1.82) is 0 Å². The standard InChI is InChI=1S/C36H38F3N5O2/c1-5-25-28(37)10-7-21-13-24(45)14-26(30(21)25)31-29(38)15-27-33(32(31)39)41-35(42-34(27)44-16-22-8-9-23(17-44)40-22)46-19-36(4)18-43(6-2)12-11-20(36)3/h1,7,10,13-15,20,22-23,40,45H,6,8-9,11-12,16-19H2,2-4H3/t20-,22-,23+,36+/m0/s1. The van der Waals surface area contributed by atoms with E-state index in [-0.39, 0.29) is 56.7 Å². The van der Waals surface area contributed by atoms with Gasteiger partial charge >= 0.3 is 6.01 Å². The van der Waals surface area contributed by atoms with E-state index in [2.05, 4.69) is 46.8 Å². The first-order valence-electron chi connectivity index (χ1n) is 16.1. The number of aromatic hydroxyl groups is 1. The molecule has 7 nitrogen and oxygen atoms in total. The number of nitrogens with one attached hydrogen (secondary N) is 1. The topological polar surface area (TPSA) is 73.8 Å². The highest BCUT2D eigenvalue weighted by Crippen LogP contribution is 2.42. The highest BCUT2D eigenvalue weighted by Gasteiger charge is 2.38. The molecule has 4 aromatic rings. The minimum Gasteiger partial charge on any atom is -0.508 e. The number of benzene rings is 3. The maximum atomic E-state index is 16.9. The molecule has 3 saturated heterocycles.